The smallest absolute Gasteiger partial charge is 0.274 e. The lowest BCUT2D eigenvalue weighted by atomic mass is 10.2. The Bertz CT molecular complexity index is 1200. The maximum Gasteiger partial charge on any atom is 0.274 e. The molecule has 0 atom stereocenters. The highest BCUT2D eigenvalue weighted by atomic mass is 35.5. The molecule has 4 aromatic rings. The van der Waals surface area contributed by atoms with Gasteiger partial charge in [0.15, 0.2) is 11.5 Å². The Morgan fingerprint density at radius 3 is 2.62 bits per heavy atom. The lowest BCUT2D eigenvalue weighted by molar-refractivity contribution is 0.0622. The van der Waals surface area contributed by atoms with Crippen molar-refractivity contribution in [3.8, 4) is 17.1 Å². The second kappa shape index (κ2) is 8.98. The van der Waals surface area contributed by atoms with Crippen LogP contribution in [0.15, 0.2) is 77.7 Å². The molecule has 5 rings (SSSR count). The number of carbonyl (C=O) groups is 1. The van der Waals surface area contributed by atoms with E-state index < -0.39 is 0 Å². The Morgan fingerprint density at radius 1 is 1.03 bits per heavy atom. The van der Waals surface area contributed by atoms with Gasteiger partial charge in [0.25, 0.3) is 5.91 Å². The largest absolute Gasteiger partial charge is 0.463 e. The van der Waals surface area contributed by atoms with Crippen LogP contribution in [0.3, 0.4) is 0 Å². The lowest BCUT2D eigenvalue weighted by Gasteiger charge is -2.34. The first kappa shape index (κ1) is 20.5. The van der Waals surface area contributed by atoms with Gasteiger partial charge in [-0.05, 0) is 42.0 Å². The summed E-state index contributed by atoms with van der Waals surface area (Å²) < 4.78 is 7.30. The summed E-state index contributed by atoms with van der Waals surface area (Å²) in [7, 11) is 0. The van der Waals surface area contributed by atoms with Crippen molar-refractivity contribution in [1.82, 2.24) is 24.6 Å². The lowest BCUT2D eigenvalue weighted by Crippen LogP contribution is -2.48. The predicted molar refractivity (Wildman–Crippen MR) is 122 cm³/mol. The number of rotatable bonds is 5. The van der Waals surface area contributed by atoms with Gasteiger partial charge >= 0.3 is 0 Å². The van der Waals surface area contributed by atoms with Gasteiger partial charge in [-0.3, -0.25) is 14.7 Å². The summed E-state index contributed by atoms with van der Waals surface area (Å²) in [5.74, 6) is 0.553. The molecule has 7 nitrogen and oxygen atoms in total. The molecular formula is C24H22ClN5O2. The van der Waals surface area contributed by atoms with Crippen LogP contribution in [0.4, 0.5) is 0 Å². The van der Waals surface area contributed by atoms with Gasteiger partial charge in [-0.15, -0.1) is 0 Å². The first-order valence-electron chi connectivity index (χ1n) is 10.5. The maximum atomic E-state index is 13.3. The number of pyridine rings is 1. The second-order valence-corrected chi connectivity index (χ2v) is 8.15. The van der Waals surface area contributed by atoms with Crippen molar-refractivity contribution in [1.29, 1.82) is 0 Å². The SMILES string of the molecule is O=C(c1cc(-c2ccco2)n(-c2cccc(Cl)c2)n1)N1CCN(Cc2cccnc2)CC1. The fourth-order valence-electron chi connectivity index (χ4n) is 3.91. The zero-order valence-corrected chi connectivity index (χ0v) is 18.2. The molecule has 0 aliphatic carbocycles. The third-order valence-electron chi connectivity index (χ3n) is 5.54. The first-order valence-corrected chi connectivity index (χ1v) is 10.9. The van der Waals surface area contributed by atoms with E-state index in [1.807, 2.05) is 47.5 Å². The molecule has 1 aromatic carbocycles. The molecule has 1 fully saturated rings. The molecule has 1 aliphatic rings. The Morgan fingerprint density at radius 2 is 1.91 bits per heavy atom. The quantitative estimate of drug-likeness (QED) is 0.460. The Kier molecular flexibility index (Phi) is 5.75. The van der Waals surface area contributed by atoms with E-state index in [1.54, 1.807) is 29.3 Å². The van der Waals surface area contributed by atoms with E-state index in [4.69, 9.17) is 16.0 Å². The van der Waals surface area contributed by atoms with E-state index in [0.717, 1.165) is 25.3 Å². The van der Waals surface area contributed by atoms with Gasteiger partial charge in [-0.1, -0.05) is 23.7 Å². The highest BCUT2D eigenvalue weighted by molar-refractivity contribution is 6.30. The second-order valence-electron chi connectivity index (χ2n) is 7.71. The fourth-order valence-corrected chi connectivity index (χ4v) is 4.10. The minimum atomic E-state index is -0.0837. The molecule has 1 aliphatic heterocycles. The van der Waals surface area contributed by atoms with Gasteiger partial charge in [-0.25, -0.2) is 4.68 Å². The van der Waals surface area contributed by atoms with Gasteiger partial charge in [-0.2, -0.15) is 5.10 Å². The van der Waals surface area contributed by atoms with Crippen LogP contribution in [0.1, 0.15) is 16.1 Å². The number of amides is 1. The summed E-state index contributed by atoms with van der Waals surface area (Å²) >= 11 is 6.19. The highest BCUT2D eigenvalue weighted by Gasteiger charge is 2.26. The van der Waals surface area contributed by atoms with Crippen LogP contribution in [0.2, 0.25) is 5.02 Å². The Labute approximate surface area is 190 Å². The minimum absolute atomic E-state index is 0.0837. The zero-order chi connectivity index (χ0) is 21.9. The average Bonchev–Trinajstić information content (AvgIpc) is 3.50. The molecule has 0 radical (unpaired) electrons. The third kappa shape index (κ3) is 4.30. The molecule has 32 heavy (non-hydrogen) atoms. The molecule has 1 saturated heterocycles. The number of piperazine rings is 1. The van der Waals surface area contributed by atoms with E-state index in [-0.39, 0.29) is 5.91 Å². The van der Waals surface area contributed by atoms with Crippen LogP contribution < -0.4 is 0 Å². The van der Waals surface area contributed by atoms with Gasteiger partial charge in [0, 0.05) is 56.2 Å². The molecule has 0 saturated carbocycles. The van der Waals surface area contributed by atoms with Crippen LogP contribution in [0.25, 0.3) is 17.1 Å². The van der Waals surface area contributed by atoms with Gasteiger partial charge < -0.3 is 9.32 Å². The van der Waals surface area contributed by atoms with Crippen molar-refractivity contribution >= 4 is 17.5 Å². The van der Waals surface area contributed by atoms with Gasteiger partial charge in [0.2, 0.25) is 0 Å². The van der Waals surface area contributed by atoms with Crippen molar-refractivity contribution in [3.63, 3.8) is 0 Å². The standard InChI is InChI=1S/C24H22ClN5O2/c25-19-5-1-6-20(14-19)30-22(23-7-3-13-32-23)15-21(27-30)24(31)29-11-9-28(10-12-29)17-18-4-2-8-26-16-18/h1-8,13-16H,9-12,17H2. The molecule has 3 aromatic heterocycles. The number of furan rings is 1. The first-order chi connectivity index (χ1) is 15.7. The monoisotopic (exact) mass is 447 g/mol. The normalized spacial score (nSPS) is 14.6. The number of aromatic nitrogens is 3. The highest BCUT2D eigenvalue weighted by Crippen LogP contribution is 2.26. The predicted octanol–water partition coefficient (Wildman–Crippen LogP) is 4.14. The number of hydrogen-bond donors (Lipinski definition) is 0. The van der Waals surface area contributed by atoms with Crippen LogP contribution in [0.5, 0.6) is 0 Å². The Hall–Kier alpha value is -3.42. The van der Waals surface area contributed by atoms with E-state index in [1.165, 1.54) is 5.56 Å². The molecule has 1 amide bonds. The molecule has 0 N–H and O–H groups in total. The minimum Gasteiger partial charge on any atom is -0.463 e. The van der Waals surface area contributed by atoms with Crippen molar-refractivity contribution in [2.45, 2.75) is 6.54 Å². The summed E-state index contributed by atoms with van der Waals surface area (Å²) in [4.78, 5) is 21.6. The van der Waals surface area contributed by atoms with E-state index in [0.29, 0.717) is 35.3 Å². The summed E-state index contributed by atoms with van der Waals surface area (Å²) in [6.07, 6.45) is 5.27. The number of hydrogen-bond acceptors (Lipinski definition) is 5. The third-order valence-corrected chi connectivity index (χ3v) is 5.78. The van der Waals surface area contributed by atoms with Crippen LogP contribution in [-0.4, -0.2) is 56.7 Å². The van der Waals surface area contributed by atoms with Crippen molar-refractivity contribution in [2.75, 3.05) is 26.2 Å². The molecule has 0 bridgehead atoms. The van der Waals surface area contributed by atoms with E-state index in [2.05, 4.69) is 21.0 Å². The number of carbonyl (C=O) groups excluding carboxylic acids is 1. The molecule has 4 heterocycles. The number of nitrogens with zero attached hydrogens (tertiary/aromatic N) is 5. The average molecular weight is 448 g/mol. The summed E-state index contributed by atoms with van der Waals surface area (Å²) in [6, 6.07) is 16.8. The topological polar surface area (TPSA) is 67.4 Å². The molecular weight excluding hydrogens is 426 g/mol. The molecule has 0 unspecified atom stereocenters. The molecule has 8 heteroatoms. The summed E-state index contributed by atoms with van der Waals surface area (Å²) in [5, 5.41) is 5.22. The van der Waals surface area contributed by atoms with E-state index >= 15 is 0 Å². The molecule has 0 spiro atoms. The van der Waals surface area contributed by atoms with Crippen molar-refractivity contribution in [2.24, 2.45) is 0 Å². The van der Waals surface area contributed by atoms with Gasteiger partial charge in [0.1, 0.15) is 5.69 Å². The number of benzene rings is 1. The Balaban J connectivity index is 1.35. The summed E-state index contributed by atoms with van der Waals surface area (Å²) in [5.41, 5.74) is 3.03. The van der Waals surface area contributed by atoms with E-state index in [9.17, 15) is 4.79 Å². The van der Waals surface area contributed by atoms with Crippen molar-refractivity contribution in [3.05, 3.63) is 89.5 Å². The molecule has 162 valence electrons. The van der Waals surface area contributed by atoms with Gasteiger partial charge in [0.05, 0.1) is 12.0 Å². The maximum absolute atomic E-state index is 13.3. The van der Waals surface area contributed by atoms with Crippen LogP contribution in [-0.2, 0) is 6.54 Å². The van der Waals surface area contributed by atoms with Crippen LogP contribution >= 0.6 is 11.6 Å². The van der Waals surface area contributed by atoms with Crippen LogP contribution in [0, 0.1) is 0 Å². The zero-order valence-electron chi connectivity index (χ0n) is 17.4. The van der Waals surface area contributed by atoms with Crippen molar-refractivity contribution < 1.29 is 9.21 Å². The summed E-state index contributed by atoms with van der Waals surface area (Å²) in [6.45, 7) is 3.75. The number of halogens is 1. The fraction of sp³-hybridized carbons (Fsp3) is 0.208.